The number of nitrogens with zero attached hydrogens (tertiary/aromatic N) is 4. The summed E-state index contributed by atoms with van der Waals surface area (Å²) in [5.41, 5.74) is 2.17. The topological polar surface area (TPSA) is 99.8 Å². The standard InChI is InChI=1S/C17H20N4O4/c1-10-8-14(19-25-10)16(22)21-6-4-11-9-12(17(23)24)15(20(2)3)18-13(11)5-7-21/h8-9H,4-7H2,1-3H3,(H,23,24). The predicted octanol–water partition coefficient (Wildman–Crippen LogP) is 1.38. The van der Waals surface area contributed by atoms with E-state index in [-0.39, 0.29) is 17.2 Å². The zero-order chi connectivity index (χ0) is 18.1. The first-order chi connectivity index (χ1) is 11.9. The van der Waals surface area contributed by atoms with Crippen LogP contribution in [0.4, 0.5) is 5.82 Å². The molecule has 0 unspecified atom stereocenters. The number of pyridine rings is 1. The average molecular weight is 344 g/mol. The van der Waals surface area contributed by atoms with E-state index in [1.165, 1.54) is 0 Å². The molecule has 0 aliphatic carbocycles. The first-order valence-corrected chi connectivity index (χ1v) is 8.03. The van der Waals surface area contributed by atoms with Gasteiger partial charge in [0.2, 0.25) is 0 Å². The Hall–Kier alpha value is -2.90. The van der Waals surface area contributed by atoms with Crippen LogP contribution in [0.2, 0.25) is 0 Å². The minimum Gasteiger partial charge on any atom is -0.478 e. The number of carboxylic acids is 1. The van der Waals surface area contributed by atoms with Crippen LogP contribution in [-0.4, -0.2) is 59.2 Å². The molecule has 1 amide bonds. The van der Waals surface area contributed by atoms with Gasteiger partial charge in [0.05, 0.1) is 0 Å². The second-order valence-corrected chi connectivity index (χ2v) is 6.28. The van der Waals surface area contributed by atoms with E-state index in [0.717, 1.165) is 11.3 Å². The number of carboxylic acid groups (broad SMARTS) is 1. The van der Waals surface area contributed by atoms with Gasteiger partial charge in [-0.25, -0.2) is 9.78 Å². The Balaban J connectivity index is 1.86. The van der Waals surface area contributed by atoms with Crippen molar-refractivity contribution in [1.29, 1.82) is 0 Å². The van der Waals surface area contributed by atoms with Crippen molar-refractivity contribution in [2.75, 3.05) is 32.1 Å². The number of carbonyl (C=O) groups excluding carboxylic acids is 1. The van der Waals surface area contributed by atoms with E-state index >= 15 is 0 Å². The SMILES string of the molecule is Cc1cc(C(=O)N2CCc3cc(C(=O)O)c(N(C)C)nc3CC2)no1. The van der Waals surface area contributed by atoms with Gasteiger partial charge in [0.15, 0.2) is 5.69 Å². The van der Waals surface area contributed by atoms with E-state index in [1.807, 2.05) is 0 Å². The number of fused-ring (bicyclic) bond motifs is 1. The molecule has 0 saturated carbocycles. The maximum Gasteiger partial charge on any atom is 0.339 e. The molecule has 0 spiro atoms. The summed E-state index contributed by atoms with van der Waals surface area (Å²) in [6.45, 7) is 2.73. The molecule has 132 valence electrons. The Labute approximate surface area is 145 Å². The molecule has 1 N–H and O–H groups in total. The Morgan fingerprint density at radius 1 is 1.24 bits per heavy atom. The van der Waals surface area contributed by atoms with Crippen molar-refractivity contribution >= 4 is 17.7 Å². The molecule has 0 bridgehead atoms. The zero-order valence-corrected chi connectivity index (χ0v) is 14.4. The van der Waals surface area contributed by atoms with E-state index < -0.39 is 5.97 Å². The third-order valence-electron chi connectivity index (χ3n) is 4.23. The predicted molar refractivity (Wildman–Crippen MR) is 90.1 cm³/mol. The Kier molecular flexibility index (Phi) is 4.43. The quantitative estimate of drug-likeness (QED) is 0.898. The maximum atomic E-state index is 12.5. The molecule has 0 radical (unpaired) electrons. The highest BCUT2D eigenvalue weighted by Gasteiger charge is 2.25. The molecule has 2 aromatic rings. The highest BCUT2D eigenvalue weighted by molar-refractivity contribution is 5.94. The molecule has 3 rings (SSSR count). The molecule has 2 aromatic heterocycles. The van der Waals surface area contributed by atoms with E-state index in [4.69, 9.17) is 4.52 Å². The fourth-order valence-electron chi connectivity index (χ4n) is 2.95. The summed E-state index contributed by atoms with van der Waals surface area (Å²) in [6, 6.07) is 3.29. The van der Waals surface area contributed by atoms with Crippen molar-refractivity contribution in [1.82, 2.24) is 15.0 Å². The lowest BCUT2D eigenvalue weighted by atomic mass is 10.1. The lowest BCUT2D eigenvalue weighted by Gasteiger charge is -2.18. The van der Waals surface area contributed by atoms with Crippen LogP contribution in [0, 0.1) is 6.92 Å². The van der Waals surface area contributed by atoms with Crippen LogP contribution in [0.25, 0.3) is 0 Å². The minimum atomic E-state index is -1.01. The van der Waals surface area contributed by atoms with E-state index in [0.29, 0.717) is 37.5 Å². The lowest BCUT2D eigenvalue weighted by Crippen LogP contribution is -2.33. The molecule has 0 atom stereocenters. The summed E-state index contributed by atoms with van der Waals surface area (Å²) >= 11 is 0. The fraction of sp³-hybridized carbons (Fsp3) is 0.412. The number of amides is 1. The van der Waals surface area contributed by atoms with E-state index in [2.05, 4.69) is 10.1 Å². The van der Waals surface area contributed by atoms with E-state index in [9.17, 15) is 14.7 Å². The number of anilines is 1. The molecule has 0 aromatic carbocycles. The maximum absolute atomic E-state index is 12.5. The van der Waals surface area contributed by atoms with Crippen molar-refractivity contribution in [3.63, 3.8) is 0 Å². The molecular weight excluding hydrogens is 324 g/mol. The van der Waals surface area contributed by atoms with Crippen LogP contribution < -0.4 is 4.90 Å². The van der Waals surface area contributed by atoms with Crippen LogP contribution in [0.1, 0.15) is 37.9 Å². The van der Waals surface area contributed by atoms with E-state index in [1.54, 1.807) is 43.0 Å². The number of aromatic nitrogens is 2. The second kappa shape index (κ2) is 6.54. The molecule has 25 heavy (non-hydrogen) atoms. The third kappa shape index (κ3) is 3.33. The van der Waals surface area contributed by atoms with Crippen molar-refractivity contribution in [2.24, 2.45) is 0 Å². The average Bonchev–Trinajstić information content (AvgIpc) is 2.89. The van der Waals surface area contributed by atoms with Crippen molar-refractivity contribution < 1.29 is 19.2 Å². The largest absolute Gasteiger partial charge is 0.478 e. The Morgan fingerprint density at radius 3 is 2.56 bits per heavy atom. The normalized spacial score (nSPS) is 14.0. The highest BCUT2D eigenvalue weighted by atomic mass is 16.5. The number of hydrogen-bond donors (Lipinski definition) is 1. The molecule has 1 aliphatic rings. The van der Waals surface area contributed by atoms with Crippen molar-refractivity contribution in [2.45, 2.75) is 19.8 Å². The molecule has 8 heteroatoms. The number of aryl methyl sites for hydroxylation is 1. The molecule has 3 heterocycles. The molecule has 1 aliphatic heterocycles. The van der Waals surface area contributed by atoms with Gasteiger partial charge in [-0.1, -0.05) is 5.16 Å². The van der Waals surface area contributed by atoms with Crippen LogP contribution in [0.5, 0.6) is 0 Å². The second-order valence-electron chi connectivity index (χ2n) is 6.28. The van der Waals surface area contributed by atoms with Gasteiger partial charge in [0, 0.05) is 45.4 Å². The summed E-state index contributed by atoms with van der Waals surface area (Å²) in [7, 11) is 3.53. The third-order valence-corrected chi connectivity index (χ3v) is 4.23. The van der Waals surface area contributed by atoms with Crippen molar-refractivity contribution in [3.8, 4) is 0 Å². The molecule has 0 saturated heterocycles. The van der Waals surface area contributed by atoms with Gasteiger partial charge in [-0.3, -0.25) is 4.79 Å². The smallest absolute Gasteiger partial charge is 0.339 e. The number of hydrogen-bond acceptors (Lipinski definition) is 6. The number of aromatic carboxylic acids is 1. The van der Waals surface area contributed by atoms with Gasteiger partial charge in [0.25, 0.3) is 5.91 Å². The molecule has 0 fully saturated rings. The number of carbonyl (C=O) groups is 2. The number of rotatable bonds is 3. The van der Waals surface area contributed by atoms with Gasteiger partial charge in [0.1, 0.15) is 17.1 Å². The highest BCUT2D eigenvalue weighted by Crippen LogP contribution is 2.23. The minimum absolute atomic E-state index is 0.177. The Bertz CT molecular complexity index is 828. The summed E-state index contributed by atoms with van der Waals surface area (Å²) in [5, 5.41) is 13.2. The monoisotopic (exact) mass is 344 g/mol. The fourth-order valence-corrected chi connectivity index (χ4v) is 2.95. The van der Waals surface area contributed by atoms with Crippen LogP contribution in [0.3, 0.4) is 0 Å². The summed E-state index contributed by atoms with van der Waals surface area (Å²) in [4.78, 5) is 32.0. The lowest BCUT2D eigenvalue weighted by molar-refractivity contribution is 0.0695. The van der Waals surface area contributed by atoms with Crippen LogP contribution >= 0.6 is 0 Å². The van der Waals surface area contributed by atoms with Gasteiger partial charge in [-0.15, -0.1) is 0 Å². The first kappa shape index (κ1) is 16.9. The van der Waals surface area contributed by atoms with Gasteiger partial charge in [-0.05, 0) is 25.0 Å². The van der Waals surface area contributed by atoms with Crippen LogP contribution in [0.15, 0.2) is 16.7 Å². The molecular formula is C17H20N4O4. The summed E-state index contributed by atoms with van der Waals surface area (Å²) < 4.78 is 4.97. The summed E-state index contributed by atoms with van der Waals surface area (Å²) in [6.07, 6.45) is 1.12. The molecule has 8 nitrogen and oxygen atoms in total. The van der Waals surface area contributed by atoms with Gasteiger partial charge in [-0.2, -0.15) is 0 Å². The van der Waals surface area contributed by atoms with Crippen molar-refractivity contribution in [3.05, 3.63) is 40.4 Å². The van der Waals surface area contributed by atoms with Crippen LogP contribution in [-0.2, 0) is 12.8 Å². The Morgan fingerprint density at radius 2 is 1.96 bits per heavy atom. The van der Waals surface area contributed by atoms with Gasteiger partial charge >= 0.3 is 5.97 Å². The van der Waals surface area contributed by atoms with Gasteiger partial charge < -0.3 is 19.4 Å². The first-order valence-electron chi connectivity index (χ1n) is 8.03. The zero-order valence-electron chi connectivity index (χ0n) is 14.4. The summed E-state index contributed by atoms with van der Waals surface area (Å²) in [5.74, 6) is -0.173.